The number of pyridine rings is 2. The van der Waals surface area contributed by atoms with Gasteiger partial charge in [0.25, 0.3) is 0 Å². The molecule has 4 aromatic heterocycles. The van der Waals surface area contributed by atoms with Gasteiger partial charge in [-0.05, 0) is 31.0 Å². The number of aryl methyl sites for hydroxylation is 1. The second-order valence-electron chi connectivity index (χ2n) is 5.85. The summed E-state index contributed by atoms with van der Waals surface area (Å²) in [6, 6.07) is 5.04. The van der Waals surface area contributed by atoms with Crippen molar-refractivity contribution in [1.29, 1.82) is 0 Å². The molecule has 0 bridgehead atoms. The summed E-state index contributed by atoms with van der Waals surface area (Å²) >= 11 is 0. The number of aromatic amines is 1. The first kappa shape index (κ1) is 13.4. The summed E-state index contributed by atoms with van der Waals surface area (Å²) in [5, 5.41) is 11.9. The summed E-state index contributed by atoms with van der Waals surface area (Å²) in [4.78, 5) is 8.56. The molecule has 7 heteroatoms. The maximum Gasteiger partial charge on any atom is 0.141 e. The highest BCUT2D eigenvalue weighted by Gasteiger charge is 2.26. The van der Waals surface area contributed by atoms with Crippen LogP contribution in [0.25, 0.3) is 33.5 Å². The van der Waals surface area contributed by atoms with E-state index in [1.165, 1.54) is 18.0 Å². The lowest BCUT2D eigenvalue weighted by Gasteiger charge is -2.06. The third-order valence-corrected chi connectivity index (χ3v) is 4.42. The summed E-state index contributed by atoms with van der Waals surface area (Å²) in [6.07, 6.45) is 6.74. The van der Waals surface area contributed by atoms with Crippen molar-refractivity contribution in [3.8, 4) is 22.5 Å². The zero-order valence-corrected chi connectivity index (χ0v) is 12.7. The molecule has 1 N–H and O–H groups in total. The van der Waals surface area contributed by atoms with E-state index in [1.54, 1.807) is 18.5 Å². The van der Waals surface area contributed by atoms with Crippen LogP contribution >= 0.6 is 0 Å². The molecule has 0 unspecified atom stereocenters. The van der Waals surface area contributed by atoms with E-state index in [9.17, 15) is 4.39 Å². The molecule has 1 aliphatic heterocycles. The molecule has 0 atom stereocenters. The molecule has 0 aromatic carbocycles. The smallest absolute Gasteiger partial charge is 0.141 e. The Hall–Kier alpha value is -3.09. The predicted octanol–water partition coefficient (Wildman–Crippen LogP) is 2.97. The first-order chi connectivity index (χ1) is 11.8. The molecule has 0 radical (unpaired) electrons. The second-order valence-corrected chi connectivity index (χ2v) is 5.85. The lowest BCUT2D eigenvalue weighted by Crippen LogP contribution is -1.94. The highest BCUT2D eigenvalue weighted by atomic mass is 19.1. The van der Waals surface area contributed by atoms with Crippen LogP contribution in [0.2, 0.25) is 0 Å². The van der Waals surface area contributed by atoms with Gasteiger partial charge < -0.3 is 0 Å². The molecular weight excluding hydrogens is 307 g/mol. The van der Waals surface area contributed by atoms with Gasteiger partial charge >= 0.3 is 0 Å². The number of hydrogen-bond acceptors (Lipinski definition) is 4. The minimum absolute atomic E-state index is 0.355. The topological polar surface area (TPSA) is 72.3 Å². The Bertz CT molecular complexity index is 1050. The minimum atomic E-state index is -0.355. The van der Waals surface area contributed by atoms with Crippen LogP contribution in [0.4, 0.5) is 4.39 Å². The average Bonchev–Trinajstić information content (AvgIpc) is 3.30. The van der Waals surface area contributed by atoms with Crippen LogP contribution < -0.4 is 0 Å². The van der Waals surface area contributed by atoms with Crippen LogP contribution in [-0.2, 0) is 13.0 Å². The molecule has 24 heavy (non-hydrogen) atoms. The van der Waals surface area contributed by atoms with Gasteiger partial charge in [-0.2, -0.15) is 10.2 Å². The minimum Gasteiger partial charge on any atom is -0.276 e. The fourth-order valence-corrected chi connectivity index (χ4v) is 3.37. The van der Waals surface area contributed by atoms with Gasteiger partial charge in [0, 0.05) is 29.6 Å². The van der Waals surface area contributed by atoms with Crippen LogP contribution in [0.3, 0.4) is 0 Å². The molecular formula is C17H13FN6. The molecule has 0 aliphatic carbocycles. The van der Waals surface area contributed by atoms with Crippen LogP contribution in [-0.4, -0.2) is 29.9 Å². The molecule has 1 aliphatic rings. The van der Waals surface area contributed by atoms with Crippen molar-refractivity contribution in [1.82, 2.24) is 29.9 Å². The van der Waals surface area contributed by atoms with Gasteiger partial charge in [0.2, 0.25) is 0 Å². The maximum absolute atomic E-state index is 13.2. The van der Waals surface area contributed by atoms with Gasteiger partial charge in [-0.1, -0.05) is 0 Å². The van der Waals surface area contributed by atoms with Gasteiger partial charge in [-0.3, -0.25) is 19.7 Å². The standard InChI is InChI=1S/C17H13FN6/c18-10-3-4-12(20-8-10)17-15(14-2-1-7-24(14)23-17)11-5-6-19-13-9-21-22-16(11)13/h3-6,8-9H,1-2,7H2,(H,21,22). The number of halogens is 1. The van der Waals surface area contributed by atoms with Gasteiger partial charge in [-0.15, -0.1) is 0 Å². The Labute approximate surface area is 136 Å². The highest BCUT2D eigenvalue weighted by Crippen LogP contribution is 2.38. The number of rotatable bonds is 2. The monoisotopic (exact) mass is 320 g/mol. The Morgan fingerprint density at radius 2 is 2.08 bits per heavy atom. The Balaban J connectivity index is 1.81. The van der Waals surface area contributed by atoms with Crippen molar-refractivity contribution >= 4 is 11.0 Å². The fourth-order valence-electron chi connectivity index (χ4n) is 3.37. The lowest BCUT2D eigenvalue weighted by atomic mass is 9.99. The van der Waals surface area contributed by atoms with E-state index in [0.717, 1.165) is 47.2 Å². The van der Waals surface area contributed by atoms with Crippen LogP contribution in [0, 0.1) is 5.82 Å². The van der Waals surface area contributed by atoms with Crippen LogP contribution in [0.5, 0.6) is 0 Å². The largest absolute Gasteiger partial charge is 0.276 e. The first-order valence-corrected chi connectivity index (χ1v) is 7.81. The molecule has 4 aromatic rings. The van der Waals surface area contributed by atoms with Crippen LogP contribution in [0.15, 0.2) is 36.8 Å². The van der Waals surface area contributed by atoms with E-state index in [2.05, 4.69) is 20.2 Å². The zero-order valence-electron chi connectivity index (χ0n) is 12.7. The fraction of sp³-hybridized carbons (Fsp3) is 0.176. The van der Waals surface area contributed by atoms with E-state index in [0.29, 0.717) is 5.69 Å². The highest BCUT2D eigenvalue weighted by molar-refractivity contribution is 5.96. The van der Waals surface area contributed by atoms with E-state index >= 15 is 0 Å². The lowest BCUT2D eigenvalue weighted by molar-refractivity contribution is 0.621. The summed E-state index contributed by atoms with van der Waals surface area (Å²) in [5.41, 5.74) is 6.33. The SMILES string of the molecule is Fc1ccc(-c2nn3c(c2-c2ccnc4cn[nH]c24)CCC3)nc1. The van der Waals surface area contributed by atoms with E-state index in [4.69, 9.17) is 5.10 Å². The molecule has 0 saturated carbocycles. The van der Waals surface area contributed by atoms with Crippen molar-refractivity contribution in [3.05, 3.63) is 48.3 Å². The first-order valence-electron chi connectivity index (χ1n) is 7.81. The van der Waals surface area contributed by atoms with Crippen LogP contribution in [0.1, 0.15) is 12.1 Å². The van der Waals surface area contributed by atoms with Gasteiger partial charge in [0.15, 0.2) is 0 Å². The molecule has 5 heterocycles. The molecule has 0 amide bonds. The number of H-pyrrole nitrogens is 1. The molecule has 0 spiro atoms. The summed E-state index contributed by atoms with van der Waals surface area (Å²) in [5.74, 6) is -0.355. The Morgan fingerprint density at radius 3 is 2.96 bits per heavy atom. The average molecular weight is 320 g/mol. The van der Waals surface area contributed by atoms with Gasteiger partial charge in [-0.25, -0.2) is 4.39 Å². The maximum atomic E-state index is 13.2. The number of nitrogens with zero attached hydrogens (tertiary/aromatic N) is 5. The van der Waals surface area contributed by atoms with Crippen molar-refractivity contribution in [2.24, 2.45) is 0 Å². The van der Waals surface area contributed by atoms with Crippen molar-refractivity contribution < 1.29 is 4.39 Å². The van der Waals surface area contributed by atoms with Crippen molar-refractivity contribution in [2.45, 2.75) is 19.4 Å². The molecule has 0 fully saturated rings. The number of nitrogens with one attached hydrogen (secondary N) is 1. The van der Waals surface area contributed by atoms with Crippen molar-refractivity contribution in [2.75, 3.05) is 0 Å². The van der Waals surface area contributed by atoms with Gasteiger partial charge in [0.1, 0.15) is 17.0 Å². The Morgan fingerprint density at radius 1 is 1.12 bits per heavy atom. The summed E-state index contributed by atoms with van der Waals surface area (Å²) in [6.45, 7) is 0.890. The summed E-state index contributed by atoms with van der Waals surface area (Å²) < 4.78 is 15.3. The van der Waals surface area contributed by atoms with E-state index < -0.39 is 0 Å². The number of fused-ring (bicyclic) bond motifs is 2. The number of hydrogen-bond donors (Lipinski definition) is 1. The normalized spacial score (nSPS) is 13.5. The zero-order chi connectivity index (χ0) is 16.1. The molecule has 5 rings (SSSR count). The Kier molecular flexibility index (Phi) is 2.76. The molecule has 0 saturated heterocycles. The second kappa shape index (κ2) is 4.95. The molecule has 118 valence electrons. The van der Waals surface area contributed by atoms with E-state index in [1.807, 2.05) is 10.7 Å². The third-order valence-electron chi connectivity index (χ3n) is 4.42. The number of aromatic nitrogens is 6. The third kappa shape index (κ3) is 1.87. The van der Waals surface area contributed by atoms with E-state index in [-0.39, 0.29) is 5.82 Å². The predicted molar refractivity (Wildman–Crippen MR) is 86.6 cm³/mol. The summed E-state index contributed by atoms with van der Waals surface area (Å²) in [7, 11) is 0. The van der Waals surface area contributed by atoms with Gasteiger partial charge in [0.05, 0.1) is 23.6 Å². The molecule has 6 nitrogen and oxygen atoms in total. The van der Waals surface area contributed by atoms with Crippen molar-refractivity contribution in [3.63, 3.8) is 0 Å². The quantitative estimate of drug-likeness (QED) is 0.616.